The van der Waals surface area contributed by atoms with Crippen LogP contribution in [-0.4, -0.2) is 0 Å². The summed E-state index contributed by atoms with van der Waals surface area (Å²) in [6, 6.07) is 8.91. The van der Waals surface area contributed by atoms with Crippen molar-refractivity contribution in [3.8, 4) is 11.8 Å². The summed E-state index contributed by atoms with van der Waals surface area (Å²) in [5.41, 5.74) is 0.678. The van der Waals surface area contributed by atoms with Crippen molar-refractivity contribution in [3.05, 3.63) is 91.5 Å². The standard InChI is InChI=1S/C11H5ClFN.5CO.Cr/c1-14-11(12)10(13)8-7-9-5-3-2-4-6-9;5*1-2;/h2-6H;;;;;;/b11-10+;;;;;;. The van der Waals surface area contributed by atoms with Crippen molar-refractivity contribution in [2.24, 2.45) is 0 Å². The van der Waals surface area contributed by atoms with Crippen molar-refractivity contribution in [2.75, 3.05) is 0 Å². The number of nitrogens with zero attached hydrogens (tertiary/aromatic N) is 1. The van der Waals surface area contributed by atoms with E-state index in [9.17, 15) is 4.39 Å². The molecule has 0 radical (unpaired) electrons. The van der Waals surface area contributed by atoms with Crippen LogP contribution in [-0.2, 0) is 40.6 Å². The summed E-state index contributed by atoms with van der Waals surface area (Å²) in [6.45, 7) is 28.9. The number of hydrogen-bond donors (Lipinski definition) is 0. The van der Waals surface area contributed by atoms with Crippen LogP contribution in [0, 0.1) is 51.7 Å². The minimum atomic E-state index is -0.898. The molecule has 0 bridgehead atoms. The molecule has 0 unspecified atom stereocenters. The second-order valence-electron chi connectivity index (χ2n) is 2.33. The van der Waals surface area contributed by atoms with Gasteiger partial charge in [-0.15, -0.1) is 11.6 Å². The van der Waals surface area contributed by atoms with Crippen LogP contribution in [0.15, 0.2) is 41.3 Å². The maximum atomic E-state index is 12.8. The summed E-state index contributed by atoms with van der Waals surface area (Å²) < 4.78 is 50.3. The molecule has 0 aliphatic rings. The van der Waals surface area contributed by atoms with E-state index in [0.29, 0.717) is 5.56 Å². The fraction of sp³-hybridized carbons (Fsp3) is 0. The van der Waals surface area contributed by atoms with Gasteiger partial charge in [-0.3, -0.25) is 0 Å². The molecule has 0 amide bonds. The molecule has 0 spiro atoms. The Morgan fingerprint density at radius 3 is 1.56 bits per heavy atom. The van der Waals surface area contributed by atoms with E-state index < -0.39 is 11.0 Å². The van der Waals surface area contributed by atoms with Crippen LogP contribution in [0.2, 0.25) is 0 Å². The Morgan fingerprint density at radius 2 is 1.24 bits per heavy atom. The largest absolute Gasteiger partial charge is 0 e. The van der Waals surface area contributed by atoms with Gasteiger partial charge in [0, 0.05) is 22.9 Å². The quantitative estimate of drug-likeness (QED) is 0.278. The van der Waals surface area contributed by atoms with Gasteiger partial charge >= 0.3 is 56.5 Å². The molecule has 0 aromatic heterocycles. The van der Waals surface area contributed by atoms with Gasteiger partial charge in [-0.05, 0) is 18.1 Å². The maximum absolute atomic E-state index is 12.8. The van der Waals surface area contributed by atoms with E-state index in [1.54, 1.807) is 24.3 Å². The Kier molecular flexibility index (Phi) is 65.6. The fourth-order valence-electron chi connectivity index (χ4n) is 0.749. The average Bonchev–Trinajstić information content (AvgIpc) is 2.73. The molecular formula is C16H5ClCrFNO5. The normalized spacial score (nSPS) is 6.36. The Hall–Kier alpha value is -2.54. The first-order valence-electron chi connectivity index (χ1n) is 4.76. The average molecular weight is 398 g/mol. The number of benzene rings is 1. The van der Waals surface area contributed by atoms with Gasteiger partial charge in [0.25, 0.3) is 5.16 Å². The first kappa shape index (κ1) is 38.2. The van der Waals surface area contributed by atoms with E-state index in [-0.39, 0.29) is 17.4 Å². The van der Waals surface area contributed by atoms with Gasteiger partial charge in [0.05, 0.1) is 6.57 Å². The van der Waals surface area contributed by atoms with Gasteiger partial charge in [0.15, 0.2) is 5.83 Å². The van der Waals surface area contributed by atoms with E-state index in [2.05, 4.69) is 49.9 Å². The van der Waals surface area contributed by atoms with Crippen LogP contribution in [0.25, 0.3) is 4.85 Å². The SMILES string of the molecule is [C-]#[N+]/C(Cl)=C(/F)C#Cc1ccccc1.[C-]#[O+].[C-]#[O+].[C-]#[O+].[C-]#[O+].[C-]#[O+].[Cr]. The molecule has 0 N–H and O–H groups in total. The van der Waals surface area contributed by atoms with Crippen LogP contribution in [0.1, 0.15) is 5.56 Å². The number of rotatable bonds is 0. The molecule has 0 atom stereocenters. The van der Waals surface area contributed by atoms with Gasteiger partial charge in [0.2, 0.25) is 0 Å². The molecule has 0 saturated heterocycles. The van der Waals surface area contributed by atoms with Crippen LogP contribution < -0.4 is 0 Å². The van der Waals surface area contributed by atoms with E-state index in [1.807, 2.05) is 6.07 Å². The zero-order valence-electron chi connectivity index (χ0n) is 12.0. The van der Waals surface area contributed by atoms with Crippen LogP contribution in [0.3, 0.4) is 0 Å². The van der Waals surface area contributed by atoms with Gasteiger partial charge < -0.3 is 0 Å². The van der Waals surface area contributed by atoms with Crippen LogP contribution in [0.4, 0.5) is 4.39 Å². The zero-order valence-corrected chi connectivity index (χ0v) is 14.1. The van der Waals surface area contributed by atoms with Crippen molar-refractivity contribution >= 4 is 11.6 Å². The van der Waals surface area contributed by atoms with Crippen LogP contribution in [0.5, 0.6) is 0 Å². The minimum absolute atomic E-state index is 0. The Balaban J connectivity index is -0.0000000708. The van der Waals surface area contributed by atoms with Crippen molar-refractivity contribution in [1.82, 2.24) is 0 Å². The molecule has 0 aliphatic heterocycles. The van der Waals surface area contributed by atoms with E-state index in [0.717, 1.165) is 0 Å². The zero-order chi connectivity index (χ0) is 20.4. The third-order valence-electron chi connectivity index (χ3n) is 1.37. The summed E-state index contributed by atoms with van der Waals surface area (Å²) >= 11 is 5.23. The summed E-state index contributed by atoms with van der Waals surface area (Å²) in [6.07, 6.45) is 0. The topological polar surface area (TPSA) is 104 Å². The van der Waals surface area contributed by atoms with Crippen LogP contribution >= 0.6 is 11.6 Å². The van der Waals surface area contributed by atoms with Crippen molar-refractivity contribution in [1.29, 1.82) is 0 Å². The molecular weight excluding hydrogens is 393 g/mol. The smallest absolute Gasteiger partial charge is 0 e. The van der Waals surface area contributed by atoms with E-state index in [1.165, 1.54) is 0 Å². The first-order valence-corrected chi connectivity index (χ1v) is 5.13. The molecule has 1 aromatic carbocycles. The number of allylic oxidation sites excluding steroid dienone is 1. The van der Waals surface area contributed by atoms with E-state index >= 15 is 0 Å². The predicted octanol–water partition coefficient (Wildman–Crippen LogP) is 3.14. The summed E-state index contributed by atoms with van der Waals surface area (Å²) in [4.78, 5) is 2.72. The summed E-state index contributed by atoms with van der Waals surface area (Å²) in [7, 11) is 0. The second-order valence-corrected chi connectivity index (χ2v) is 2.69. The molecule has 0 aliphatic carbocycles. The monoisotopic (exact) mass is 397 g/mol. The van der Waals surface area contributed by atoms with Crippen molar-refractivity contribution < 1.29 is 45.0 Å². The van der Waals surface area contributed by atoms with Gasteiger partial charge in [0.1, 0.15) is 0 Å². The third kappa shape index (κ3) is 30.0. The minimum Gasteiger partial charge on any atom is 0 e. The molecule has 124 valence electrons. The Bertz CT molecular complexity index is 627. The maximum Gasteiger partial charge on any atom is 0 e. The first-order chi connectivity index (χ1) is 11.7. The van der Waals surface area contributed by atoms with Crippen molar-refractivity contribution in [2.45, 2.75) is 0 Å². The fourth-order valence-corrected chi connectivity index (χ4v) is 0.796. The molecule has 0 fully saturated rings. The number of halogens is 2. The molecule has 0 heterocycles. The number of hydrogen-bond acceptors (Lipinski definition) is 0. The molecule has 6 nitrogen and oxygen atoms in total. The van der Waals surface area contributed by atoms with Gasteiger partial charge in [-0.25, -0.2) is 9.24 Å². The molecule has 9 heteroatoms. The Labute approximate surface area is 160 Å². The second kappa shape index (κ2) is 43.0. The molecule has 25 heavy (non-hydrogen) atoms. The molecule has 0 saturated carbocycles. The predicted molar refractivity (Wildman–Crippen MR) is 73.6 cm³/mol. The van der Waals surface area contributed by atoms with E-state index in [4.69, 9.17) is 41.4 Å². The molecule has 1 rings (SSSR count). The van der Waals surface area contributed by atoms with Gasteiger partial charge in [-0.1, -0.05) is 24.1 Å². The van der Waals surface area contributed by atoms with Crippen molar-refractivity contribution in [3.63, 3.8) is 0 Å². The molecule has 1 aromatic rings. The Morgan fingerprint density at radius 1 is 0.880 bits per heavy atom. The summed E-state index contributed by atoms with van der Waals surface area (Å²) in [5, 5.41) is -0.534. The third-order valence-corrected chi connectivity index (χ3v) is 1.62. The summed E-state index contributed by atoms with van der Waals surface area (Å²) in [5.74, 6) is 3.82. The van der Waals surface area contributed by atoms with Gasteiger partial charge in [-0.2, -0.15) is 0 Å².